The number of carbonyl (C=O) groups excluding carboxylic acids is 1. The lowest BCUT2D eigenvalue weighted by atomic mass is 10.2. The van der Waals surface area contributed by atoms with Gasteiger partial charge in [-0.2, -0.15) is 0 Å². The van der Waals surface area contributed by atoms with E-state index in [1.807, 2.05) is 6.92 Å². The lowest BCUT2D eigenvalue weighted by molar-refractivity contribution is 0.0948. The first-order valence-corrected chi connectivity index (χ1v) is 8.42. The van der Waals surface area contributed by atoms with Crippen molar-refractivity contribution < 1.29 is 13.2 Å². The zero-order valence-electron chi connectivity index (χ0n) is 11.8. The molecule has 2 aromatic rings. The van der Waals surface area contributed by atoms with E-state index in [9.17, 15) is 13.2 Å². The average Bonchev–Trinajstić information content (AvgIpc) is 2.76. The van der Waals surface area contributed by atoms with Crippen LogP contribution in [0.4, 0.5) is 0 Å². The number of carbonyl (C=O) groups is 1. The molecule has 0 saturated heterocycles. The molecule has 0 fully saturated rings. The maximum Gasteiger partial charge on any atom is 0.278 e. The Labute approximate surface area is 127 Å². The second-order valence-corrected chi connectivity index (χ2v) is 7.41. The van der Waals surface area contributed by atoms with Crippen molar-refractivity contribution in [3.8, 4) is 0 Å². The fraction of sp³-hybridized carbons (Fsp3) is 0.231. The van der Waals surface area contributed by atoms with Gasteiger partial charge in [0.25, 0.3) is 15.9 Å². The van der Waals surface area contributed by atoms with Crippen LogP contribution in [0.25, 0.3) is 0 Å². The zero-order chi connectivity index (χ0) is 15.6. The molecule has 0 unspecified atom stereocenters. The lowest BCUT2D eigenvalue weighted by Crippen LogP contribution is -2.41. The van der Waals surface area contributed by atoms with Crippen LogP contribution in [0.5, 0.6) is 0 Å². The number of nitrogens with zero attached hydrogens (tertiary/aromatic N) is 1. The summed E-state index contributed by atoms with van der Waals surface area (Å²) < 4.78 is 24.1. The van der Waals surface area contributed by atoms with Crippen LogP contribution in [0.1, 0.15) is 25.9 Å². The maximum absolute atomic E-state index is 12.0. The van der Waals surface area contributed by atoms with E-state index in [0.29, 0.717) is 10.6 Å². The molecule has 1 aromatic carbocycles. The molecule has 0 aliphatic carbocycles. The number of nitrogens with one attached hydrogen (secondary N) is 2. The quantitative estimate of drug-likeness (QED) is 0.837. The largest absolute Gasteiger partial charge is 0.278 e. The highest BCUT2D eigenvalue weighted by atomic mass is 32.2. The van der Waals surface area contributed by atoms with Crippen LogP contribution < -0.4 is 10.3 Å². The van der Waals surface area contributed by atoms with Crippen LogP contribution in [0.2, 0.25) is 0 Å². The van der Waals surface area contributed by atoms with Gasteiger partial charge in [-0.3, -0.25) is 10.2 Å². The van der Waals surface area contributed by atoms with Gasteiger partial charge in [-0.25, -0.2) is 13.4 Å². The third-order valence-corrected chi connectivity index (χ3v) is 5.08. The SMILES string of the molecule is Cc1ccc(S(=O)(=O)NNC(=O)c2sc(C)nc2C)cc1. The number of aryl methyl sites for hydroxylation is 3. The Hall–Kier alpha value is -1.77. The molecule has 0 bridgehead atoms. The van der Waals surface area contributed by atoms with E-state index >= 15 is 0 Å². The molecule has 1 amide bonds. The van der Waals surface area contributed by atoms with Gasteiger partial charge < -0.3 is 0 Å². The minimum absolute atomic E-state index is 0.0885. The van der Waals surface area contributed by atoms with Gasteiger partial charge in [-0.1, -0.05) is 17.7 Å². The van der Waals surface area contributed by atoms with Gasteiger partial charge in [0.2, 0.25) is 0 Å². The Balaban J connectivity index is 2.10. The first-order chi connectivity index (χ1) is 9.79. The number of thiazole rings is 1. The van der Waals surface area contributed by atoms with Gasteiger partial charge in [-0.15, -0.1) is 16.2 Å². The summed E-state index contributed by atoms with van der Waals surface area (Å²) in [5.41, 5.74) is 3.73. The molecule has 0 aliphatic heterocycles. The highest BCUT2D eigenvalue weighted by molar-refractivity contribution is 7.89. The van der Waals surface area contributed by atoms with Crippen LogP contribution in [-0.4, -0.2) is 19.3 Å². The molecule has 21 heavy (non-hydrogen) atoms. The van der Waals surface area contributed by atoms with E-state index in [1.54, 1.807) is 26.0 Å². The van der Waals surface area contributed by atoms with Crippen LogP contribution in [0.3, 0.4) is 0 Å². The van der Waals surface area contributed by atoms with Gasteiger partial charge in [0.1, 0.15) is 4.88 Å². The van der Waals surface area contributed by atoms with Gasteiger partial charge >= 0.3 is 0 Å². The average molecular weight is 325 g/mol. The molecule has 2 N–H and O–H groups in total. The fourth-order valence-electron chi connectivity index (χ4n) is 1.69. The van der Waals surface area contributed by atoms with Crippen LogP contribution in [0.15, 0.2) is 29.2 Å². The van der Waals surface area contributed by atoms with Crippen LogP contribution in [0, 0.1) is 20.8 Å². The standard InChI is InChI=1S/C13H15N3O3S2/c1-8-4-6-11(7-5-8)21(18,19)16-15-13(17)12-9(2)14-10(3)20-12/h4-7,16H,1-3H3,(H,15,17). The normalized spacial score (nSPS) is 11.4. The number of rotatable bonds is 4. The Kier molecular flexibility index (Phi) is 4.40. The molecule has 112 valence electrons. The molecular weight excluding hydrogens is 310 g/mol. The number of hydrogen-bond donors (Lipinski definition) is 2. The summed E-state index contributed by atoms with van der Waals surface area (Å²) in [4.78, 5) is 18.6. The van der Waals surface area contributed by atoms with E-state index in [-0.39, 0.29) is 4.90 Å². The summed E-state index contributed by atoms with van der Waals surface area (Å²) in [6, 6.07) is 6.33. The lowest BCUT2D eigenvalue weighted by Gasteiger charge is -2.08. The van der Waals surface area contributed by atoms with E-state index in [0.717, 1.165) is 10.6 Å². The Morgan fingerprint density at radius 1 is 1.14 bits per heavy atom. The number of amides is 1. The summed E-state index contributed by atoms with van der Waals surface area (Å²) in [5.74, 6) is -0.520. The molecule has 1 heterocycles. The first-order valence-electron chi connectivity index (χ1n) is 6.12. The smallest absolute Gasteiger partial charge is 0.273 e. The van der Waals surface area contributed by atoms with Crippen molar-refractivity contribution in [1.82, 2.24) is 15.2 Å². The second-order valence-electron chi connectivity index (χ2n) is 4.52. The summed E-state index contributed by atoms with van der Waals surface area (Å²) in [7, 11) is -3.78. The van der Waals surface area contributed by atoms with Crippen molar-refractivity contribution in [3.63, 3.8) is 0 Å². The van der Waals surface area contributed by atoms with E-state index < -0.39 is 15.9 Å². The van der Waals surface area contributed by atoms with E-state index in [2.05, 4.69) is 15.2 Å². The topological polar surface area (TPSA) is 88.2 Å². The maximum atomic E-state index is 12.0. The summed E-state index contributed by atoms with van der Waals surface area (Å²) in [6.07, 6.45) is 0. The van der Waals surface area contributed by atoms with Crippen molar-refractivity contribution in [3.05, 3.63) is 45.4 Å². The van der Waals surface area contributed by atoms with E-state index in [4.69, 9.17) is 0 Å². The van der Waals surface area contributed by atoms with Crippen molar-refractivity contribution in [2.45, 2.75) is 25.7 Å². The minimum Gasteiger partial charge on any atom is -0.273 e. The van der Waals surface area contributed by atoms with Crippen LogP contribution in [-0.2, 0) is 10.0 Å². The molecule has 6 nitrogen and oxygen atoms in total. The summed E-state index contributed by atoms with van der Waals surface area (Å²) >= 11 is 1.21. The third-order valence-electron chi connectivity index (χ3n) is 2.74. The minimum atomic E-state index is -3.78. The molecule has 0 atom stereocenters. The Morgan fingerprint density at radius 3 is 2.29 bits per heavy atom. The Bertz CT molecular complexity index is 764. The fourth-order valence-corrected chi connectivity index (χ4v) is 3.34. The predicted molar refractivity (Wildman–Crippen MR) is 80.6 cm³/mol. The molecule has 8 heteroatoms. The van der Waals surface area contributed by atoms with Gasteiger partial charge in [0.15, 0.2) is 0 Å². The molecule has 0 saturated carbocycles. The van der Waals surface area contributed by atoms with Gasteiger partial charge in [0, 0.05) is 0 Å². The van der Waals surface area contributed by atoms with Crippen molar-refractivity contribution in [1.29, 1.82) is 0 Å². The number of benzene rings is 1. The predicted octanol–water partition coefficient (Wildman–Crippen LogP) is 1.69. The number of aromatic nitrogens is 1. The molecule has 0 radical (unpaired) electrons. The second kappa shape index (κ2) is 5.92. The molecular formula is C13H15N3O3S2. The highest BCUT2D eigenvalue weighted by Gasteiger charge is 2.18. The van der Waals surface area contributed by atoms with Gasteiger partial charge in [-0.05, 0) is 32.9 Å². The monoisotopic (exact) mass is 325 g/mol. The molecule has 0 aliphatic rings. The zero-order valence-corrected chi connectivity index (χ0v) is 13.4. The number of sulfonamides is 1. The molecule has 2 rings (SSSR count). The van der Waals surface area contributed by atoms with Crippen molar-refractivity contribution >= 4 is 27.3 Å². The van der Waals surface area contributed by atoms with E-state index in [1.165, 1.54) is 23.5 Å². The number of hydrogen-bond acceptors (Lipinski definition) is 5. The third kappa shape index (κ3) is 3.66. The van der Waals surface area contributed by atoms with Crippen molar-refractivity contribution in [2.75, 3.05) is 0 Å². The van der Waals surface area contributed by atoms with Crippen molar-refractivity contribution in [2.24, 2.45) is 0 Å². The highest BCUT2D eigenvalue weighted by Crippen LogP contribution is 2.16. The Morgan fingerprint density at radius 2 is 1.76 bits per heavy atom. The molecule has 1 aromatic heterocycles. The molecule has 0 spiro atoms. The summed E-state index contributed by atoms with van der Waals surface area (Å²) in [6.45, 7) is 5.35. The summed E-state index contributed by atoms with van der Waals surface area (Å²) in [5, 5.41) is 0.749. The number of hydrazine groups is 1. The first kappa shape index (κ1) is 15.6. The van der Waals surface area contributed by atoms with Crippen LogP contribution >= 0.6 is 11.3 Å². The van der Waals surface area contributed by atoms with Gasteiger partial charge in [0.05, 0.1) is 15.6 Å².